The number of pyridine rings is 1. The molecule has 144 valence electrons. The van der Waals surface area contributed by atoms with Gasteiger partial charge in [0.15, 0.2) is 0 Å². The van der Waals surface area contributed by atoms with E-state index in [9.17, 15) is 13.2 Å². The van der Waals surface area contributed by atoms with E-state index < -0.39 is 10.0 Å². The Balaban J connectivity index is 1.65. The number of carbonyl (C=O) groups excluding carboxylic acids is 1. The highest BCUT2D eigenvalue weighted by Gasteiger charge is 2.27. The Hall–Kier alpha value is -3.20. The number of nitrogens with zero attached hydrogens (tertiary/aromatic N) is 3. The monoisotopic (exact) mass is 397 g/mol. The van der Waals surface area contributed by atoms with Crippen molar-refractivity contribution in [3.8, 4) is 0 Å². The number of aromatic nitrogens is 3. The van der Waals surface area contributed by atoms with Crippen LogP contribution in [-0.4, -0.2) is 36.1 Å². The summed E-state index contributed by atoms with van der Waals surface area (Å²) >= 11 is 0. The maximum atomic E-state index is 12.8. The summed E-state index contributed by atoms with van der Waals surface area (Å²) in [6.45, 7) is 3.83. The van der Waals surface area contributed by atoms with Crippen molar-refractivity contribution in [2.75, 3.05) is 16.2 Å². The molecule has 3 heterocycles. The van der Waals surface area contributed by atoms with Crippen LogP contribution in [-0.2, 0) is 16.4 Å². The summed E-state index contributed by atoms with van der Waals surface area (Å²) in [5, 5.41) is 6.63. The average molecular weight is 397 g/mol. The van der Waals surface area contributed by atoms with E-state index in [1.807, 2.05) is 6.07 Å². The third-order valence-corrected chi connectivity index (χ3v) is 6.36. The first kappa shape index (κ1) is 18.2. The molecule has 1 aliphatic heterocycles. The fraction of sp³-hybridized carbons (Fsp3) is 0.211. The van der Waals surface area contributed by atoms with Gasteiger partial charge in [0.05, 0.1) is 22.6 Å². The highest BCUT2D eigenvalue weighted by atomic mass is 32.2. The molecule has 0 spiro atoms. The van der Waals surface area contributed by atoms with Crippen molar-refractivity contribution in [1.29, 1.82) is 0 Å². The van der Waals surface area contributed by atoms with Gasteiger partial charge in [-0.2, -0.15) is 5.10 Å². The number of hydrogen-bond acceptors (Lipinski definition) is 5. The number of hydrogen-bond donors (Lipinski definition) is 2. The number of rotatable bonds is 4. The largest absolute Gasteiger partial charge is 0.308 e. The summed E-state index contributed by atoms with van der Waals surface area (Å²) in [5.74, 6) is -0.159. The van der Waals surface area contributed by atoms with Gasteiger partial charge in [-0.3, -0.25) is 19.6 Å². The Bertz CT molecular complexity index is 1140. The summed E-state index contributed by atoms with van der Waals surface area (Å²) in [6.07, 6.45) is 3.85. The number of sulfonamides is 1. The first-order chi connectivity index (χ1) is 13.4. The number of fused-ring (bicyclic) bond motifs is 1. The van der Waals surface area contributed by atoms with Gasteiger partial charge in [0.25, 0.3) is 15.9 Å². The second-order valence-electron chi connectivity index (χ2n) is 6.66. The van der Waals surface area contributed by atoms with E-state index in [4.69, 9.17) is 0 Å². The summed E-state index contributed by atoms with van der Waals surface area (Å²) in [5.41, 5.74) is 3.46. The lowest BCUT2D eigenvalue weighted by Gasteiger charge is -2.18. The summed E-state index contributed by atoms with van der Waals surface area (Å²) in [6, 6.07) is 8.67. The van der Waals surface area contributed by atoms with Crippen molar-refractivity contribution in [3.05, 3.63) is 65.2 Å². The van der Waals surface area contributed by atoms with E-state index in [-0.39, 0.29) is 10.8 Å². The molecule has 1 aromatic carbocycles. The van der Waals surface area contributed by atoms with Crippen molar-refractivity contribution in [2.24, 2.45) is 0 Å². The van der Waals surface area contributed by atoms with Crippen LogP contribution in [0.5, 0.6) is 0 Å². The molecular formula is C19H19N5O3S. The minimum atomic E-state index is -3.80. The highest BCUT2D eigenvalue weighted by Crippen LogP contribution is 2.33. The summed E-state index contributed by atoms with van der Waals surface area (Å²) in [4.78, 5) is 18.6. The van der Waals surface area contributed by atoms with Crippen molar-refractivity contribution in [3.63, 3.8) is 0 Å². The predicted molar refractivity (Wildman–Crippen MR) is 105 cm³/mol. The first-order valence-electron chi connectivity index (χ1n) is 8.76. The van der Waals surface area contributed by atoms with Crippen molar-refractivity contribution < 1.29 is 13.2 Å². The van der Waals surface area contributed by atoms with E-state index in [1.54, 1.807) is 49.2 Å². The number of anilines is 2. The van der Waals surface area contributed by atoms with E-state index in [1.165, 1.54) is 6.20 Å². The van der Waals surface area contributed by atoms with Crippen LogP contribution in [0.15, 0.2) is 47.6 Å². The zero-order valence-corrected chi connectivity index (χ0v) is 16.2. The van der Waals surface area contributed by atoms with E-state index >= 15 is 0 Å². The molecule has 8 nitrogen and oxygen atoms in total. The molecule has 0 radical (unpaired) electrons. The summed E-state index contributed by atoms with van der Waals surface area (Å²) in [7, 11) is -3.80. The van der Waals surface area contributed by atoms with Crippen molar-refractivity contribution in [1.82, 2.24) is 15.2 Å². The van der Waals surface area contributed by atoms with Crippen molar-refractivity contribution >= 4 is 27.3 Å². The second kappa shape index (κ2) is 6.75. The van der Waals surface area contributed by atoms with Crippen LogP contribution in [0.25, 0.3) is 0 Å². The molecule has 2 N–H and O–H groups in total. The fourth-order valence-corrected chi connectivity index (χ4v) is 4.86. The molecule has 0 fully saturated rings. The maximum Gasteiger partial charge on any atom is 0.265 e. The van der Waals surface area contributed by atoms with Gasteiger partial charge in [-0.05, 0) is 50.1 Å². The molecule has 4 rings (SSSR count). The number of aromatic amines is 1. The highest BCUT2D eigenvalue weighted by molar-refractivity contribution is 7.92. The second-order valence-corrected chi connectivity index (χ2v) is 8.28. The Morgan fingerprint density at radius 2 is 2.07 bits per heavy atom. The molecule has 0 saturated heterocycles. The molecule has 1 aliphatic rings. The van der Waals surface area contributed by atoms with Crippen LogP contribution < -0.4 is 9.62 Å². The Morgan fingerprint density at radius 1 is 1.25 bits per heavy atom. The lowest BCUT2D eigenvalue weighted by atomic mass is 10.1. The van der Waals surface area contributed by atoms with Crippen molar-refractivity contribution in [2.45, 2.75) is 25.2 Å². The van der Waals surface area contributed by atoms with Gasteiger partial charge < -0.3 is 4.90 Å². The third-order valence-electron chi connectivity index (χ3n) is 4.72. The van der Waals surface area contributed by atoms with E-state index in [0.29, 0.717) is 41.3 Å². The molecule has 3 aromatic rings. The normalized spacial score (nSPS) is 13.4. The zero-order valence-electron chi connectivity index (χ0n) is 15.4. The molecule has 0 atom stereocenters. The van der Waals surface area contributed by atoms with Gasteiger partial charge in [-0.15, -0.1) is 0 Å². The lowest BCUT2D eigenvalue weighted by Crippen LogP contribution is -2.29. The molecule has 0 unspecified atom stereocenters. The van der Waals surface area contributed by atoms with E-state index in [2.05, 4.69) is 19.9 Å². The number of nitrogens with one attached hydrogen (secondary N) is 2. The predicted octanol–water partition coefficient (Wildman–Crippen LogP) is 2.43. The van der Waals surface area contributed by atoms with Crippen LogP contribution in [0, 0.1) is 13.8 Å². The van der Waals surface area contributed by atoms with Crippen LogP contribution in [0.3, 0.4) is 0 Å². The number of aryl methyl sites for hydroxylation is 2. The first-order valence-corrected chi connectivity index (χ1v) is 10.2. The molecule has 0 saturated carbocycles. The Labute approximate surface area is 162 Å². The molecule has 28 heavy (non-hydrogen) atoms. The third kappa shape index (κ3) is 3.13. The minimum Gasteiger partial charge on any atom is -0.308 e. The van der Waals surface area contributed by atoms with E-state index in [0.717, 1.165) is 5.56 Å². The molecule has 9 heteroatoms. The molecule has 0 aliphatic carbocycles. The van der Waals surface area contributed by atoms with Crippen LogP contribution in [0.1, 0.15) is 27.3 Å². The SMILES string of the molecule is Cc1n[nH]c(C)c1S(=O)(=O)Nc1ccc2c(c1)N(C(=O)c1cccnc1)CC2. The fourth-order valence-electron chi connectivity index (χ4n) is 3.44. The Kier molecular flexibility index (Phi) is 4.38. The average Bonchev–Trinajstić information content (AvgIpc) is 3.24. The van der Waals surface area contributed by atoms with Gasteiger partial charge in [0, 0.05) is 24.6 Å². The van der Waals surface area contributed by atoms with Gasteiger partial charge in [0.2, 0.25) is 0 Å². The van der Waals surface area contributed by atoms with Gasteiger partial charge in [0.1, 0.15) is 4.90 Å². The molecule has 2 aromatic heterocycles. The minimum absolute atomic E-state index is 0.135. The molecule has 0 bridgehead atoms. The number of amides is 1. The van der Waals surface area contributed by atoms with Gasteiger partial charge in [-0.25, -0.2) is 8.42 Å². The van der Waals surface area contributed by atoms with Crippen LogP contribution >= 0.6 is 0 Å². The van der Waals surface area contributed by atoms with Crippen LogP contribution in [0.4, 0.5) is 11.4 Å². The smallest absolute Gasteiger partial charge is 0.265 e. The Morgan fingerprint density at radius 3 is 2.75 bits per heavy atom. The molecule has 1 amide bonds. The quantitative estimate of drug-likeness (QED) is 0.703. The number of H-pyrrole nitrogens is 1. The molecular weight excluding hydrogens is 378 g/mol. The lowest BCUT2D eigenvalue weighted by molar-refractivity contribution is 0.0989. The topological polar surface area (TPSA) is 108 Å². The maximum absolute atomic E-state index is 12.8. The zero-order chi connectivity index (χ0) is 19.9. The summed E-state index contributed by atoms with van der Waals surface area (Å²) < 4.78 is 28.2. The number of carbonyl (C=O) groups is 1. The number of benzene rings is 1. The van der Waals surface area contributed by atoms with Gasteiger partial charge in [-0.1, -0.05) is 6.07 Å². The van der Waals surface area contributed by atoms with Gasteiger partial charge >= 0.3 is 0 Å². The standard InChI is InChI=1S/C19H19N5O3S/c1-12-18(13(2)22-21-12)28(26,27)23-16-6-5-14-7-9-24(17(14)10-16)19(25)15-4-3-8-20-11-15/h3-6,8,10-11,23H,7,9H2,1-2H3,(H,21,22). The van der Waals surface area contributed by atoms with Crippen LogP contribution in [0.2, 0.25) is 0 Å².